The molecule has 1 aromatic rings. The summed E-state index contributed by atoms with van der Waals surface area (Å²) in [7, 11) is -3.30. The summed E-state index contributed by atoms with van der Waals surface area (Å²) in [6, 6.07) is 3.42. The lowest BCUT2D eigenvalue weighted by Gasteiger charge is -2.51. The van der Waals surface area contributed by atoms with Crippen LogP contribution in [0.25, 0.3) is 0 Å². The molecular formula is C19H29N3O4S. The molecule has 2 fully saturated rings. The minimum Gasteiger partial charge on any atom is -0.504 e. The number of phenols is 2. The summed E-state index contributed by atoms with van der Waals surface area (Å²) in [5, 5.41) is 19.8. The van der Waals surface area contributed by atoms with Crippen LogP contribution in [0.3, 0.4) is 0 Å². The second-order valence-electron chi connectivity index (χ2n) is 8.07. The van der Waals surface area contributed by atoms with Crippen molar-refractivity contribution in [2.75, 3.05) is 31.9 Å². The Morgan fingerprint density at radius 3 is 2.74 bits per heavy atom. The van der Waals surface area contributed by atoms with Crippen LogP contribution < -0.4 is 5.73 Å². The lowest BCUT2D eigenvalue weighted by molar-refractivity contribution is 0.0218. The van der Waals surface area contributed by atoms with E-state index in [1.165, 1.54) is 0 Å². The van der Waals surface area contributed by atoms with E-state index in [1.807, 2.05) is 0 Å². The van der Waals surface area contributed by atoms with Gasteiger partial charge in [0, 0.05) is 31.7 Å². The topological polar surface area (TPSA) is 107 Å². The predicted molar refractivity (Wildman–Crippen MR) is 103 cm³/mol. The molecule has 3 aliphatic heterocycles. The Balaban J connectivity index is 1.63. The van der Waals surface area contributed by atoms with Gasteiger partial charge in [0.1, 0.15) is 0 Å². The van der Waals surface area contributed by atoms with Gasteiger partial charge in [-0.3, -0.25) is 4.90 Å². The second-order valence-corrected chi connectivity index (χ2v) is 10.1. The van der Waals surface area contributed by atoms with Crippen LogP contribution >= 0.6 is 0 Å². The van der Waals surface area contributed by atoms with Gasteiger partial charge in [0.2, 0.25) is 10.0 Å². The van der Waals surface area contributed by atoms with E-state index in [4.69, 9.17) is 5.73 Å². The van der Waals surface area contributed by atoms with Gasteiger partial charge >= 0.3 is 0 Å². The zero-order chi connectivity index (χ0) is 19.2. The average Bonchev–Trinajstić information content (AvgIpc) is 2.65. The van der Waals surface area contributed by atoms with Gasteiger partial charge in [0.25, 0.3) is 0 Å². The molecule has 0 radical (unpaired) electrons. The van der Waals surface area contributed by atoms with Gasteiger partial charge in [0.05, 0.1) is 5.75 Å². The number of benzene rings is 1. The molecule has 8 heteroatoms. The summed E-state index contributed by atoms with van der Waals surface area (Å²) in [6.07, 6.45) is 4.04. The molecule has 0 saturated carbocycles. The van der Waals surface area contributed by atoms with Crippen LogP contribution in [0.2, 0.25) is 0 Å². The molecule has 3 atom stereocenters. The number of hydrogen-bond donors (Lipinski definition) is 3. The Morgan fingerprint density at radius 1 is 1.19 bits per heavy atom. The second kappa shape index (κ2) is 7.24. The number of nitrogens with zero attached hydrogens (tertiary/aromatic N) is 2. The highest BCUT2D eigenvalue weighted by Gasteiger charge is 2.45. The molecule has 0 bridgehead atoms. The Hall–Kier alpha value is -1.35. The quantitative estimate of drug-likeness (QED) is 0.661. The minimum absolute atomic E-state index is 0.00432. The molecule has 7 nitrogen and oxygen atoms in total. The van der Waals surface area contributed by atoms with Gasteiger partial charge in [-0.25, -0.2) is 8.42 Å². The molecule has 0 amide bonds. The van der Waals surface area contributed by atoms with Gasteiger partial charge in [-0.15, -0.1) is 0 Å². The van der Waals surface area contributed by atoms with Crippen LogP contribution in [0.5, 0.6) is 11.5 Å². The fraction of sp³-hybridized carbons (Fsp3) is 0.684. The van der Waals surface area contributed by atoms with Gasteiger partial charge in [0.15, 0.2) is 11.5 Å². The molecule has 2 saturated heterocycles. The highest BCUT2D eigenvalue weighted by atomic mass is 32.2. The molecular weight excluding hydrogens is 366 g/mol. The smallest absolute Gasteiger partial charge is 0.214 e. The highest BCUT2D eigenvalue weighted by Crippen LogP contribution is 2.45. The number of piperidine rings is 2. The lowest BCUT2D eigenvalue weighted by Crippen LogP contribution is -2.57. The van der Waals surface area contributed by atoms with Crippen LogP contribution in [0.4, 0.5) is 0 Å². The van der Waals surface area contributed by atoms with E-state index in [1.54, 1.807) is 16.4 Å². The standard InChI is InChI=1S/C19H29N3O4S/c20-5-2-8-27(25,26)22-6-1-3-14-12-21-7-4-13-9-18(23)19(24)10-15(13)17(21)11-16(14)22/h9-10,14,16-17,23-24H,1-8,11-12,20H2/t14-,16+,17+/m1/s1. The summed E-state index contributed by atoms with van der Waals surface area (Å²) in [6.45, 7) is 2.77. The fourth-order valence-electron chi connectivity index (χ4n) is 5.16. The van der Waals surface area contributed by atoms with E-state index in [9.17, 15) is 18.6 Å². The highest BCUT2D eigenvalue weighted by molar-refractivity contribution is 7.89. The zero-order valence-corrected chi connectivity index (χ0v) is 16.4. The summed E-state index contributed by atoms with van der Waals surface area (Å²) in [5.41, 5.74) is 7.61. The summed E-state index contributed by atoms with van der Waals surface area (Å²) in [5.74, 6) is 0.287. The van der Waals surface area contributed by atoms with Gasteiger partial charge in [-0.05, 0) is 67.8 Å². The van der Waals surface area contributed by atoms with Crippen molar-refractivity contribution in [1.82, 2.24) is 9.21 Å². The van der Waals surface area contributed by atoms with Gasteiger partial charge < -0.3 is 15.9 Å². The van der Waals surface area contributed by atoms with E-state index in [0.717, 1.165) is 49.9 Å². The van der Waals surface area contributed by atoms with Crippen molar-refractivity contribution in [3.8, 4) is 11.5 Å². The van der Waals surface area contributed by atoms with Crippen LogP contribution in [0.15, 0.2) is 12.1 Å². The molecule has 3 aliphatic rings. The predicted octanol–water partition coefficient (Wildman–Crippen LogP) is 1.16. The number of phenolic OH excluding ortho intramolecular Hbond substituents is 2. The Bertz CT molecular complexity index is 813. The monoisotopic (exact) mass is 395 g/mol. The Kier molecular flexibility index (Phi) is 5.09. The van der Waals surface area contributed by atoms with Crippen LogP contribution in [0, 0.1) is 5.92 Å². The first-order valence-corrected chi connectivity index (χ1v) is 11.5. The summed E-state index contributed by atoms with van der Waals surface area (Å²) in [4.78, 5) is 2.43. The number of hydrogen-bond acceptors (Lipinski definition) is 6. The van der Waals surface area contributed by atoms with E-state index in [2.05, 4.69) is 4.90 Å². The number of fused-ring (bicyclic) bond motifs is 4. The van der Waals surface area contributed by atoms with E-state index >= 15 is 0 Å². The number of rotatable bonds is 4. The van der Waals surface area contributed by atoms with Crippen molar-refractivity contribution < 1.29 is 18.6 Å². The van der Waals surface area contributed by atoms with Crippen molar-refractivity contribution in [1.29, 1.82) is 0 Å². The van der Waals surface area contributed by atoms with Crippen molar-refractivity contribution in [3.63, 3.8) is 0 Å². The van der Waals surface area contributed by atoms with Crippen molar-refractivity contribution >= 4 is 10.0 Å². The third-order valence-electron chi connectivity index (χ3n) is 6.47. The van der Waals surface area contributed by atoms with E-state index in [-0.39, 0.29) is 29.3 Å². The summed E-state index contributed by atoms with van der Waals surface area (Å²) >= 11 is 0. The lowest BCUT2D eigenvalue weighted by atomic mass is 9.77. The molecule has 0 unspecified atom stereocenters. The largest absolute Gasteiger partial charge is 0.504 e. The van der Waals surface area contributed by atoms with Crippen LogP contribution in [-0.2, 0) is 16.4 Å². The zero-order valence-electron chi connectivity index (χ0n) is 15.5. The molecule has 0 aromatic heterocycles. The Morgan fingerprint density at radius 2 is 1.96 bits per heavy atom. The number of sulfonamides is 1. The Labute approximate surface area is 160 Å². The van der Waals surface area contributed by atoms with Crippen molar-refractivity contribution in [2.24, 2.45) is 11.7 Å². The normalized spacial score (nSPS) is 29.0. The van der Waals surface area contributed by atoms with Crippen molar-refractivity contribution in [3.05, 3.63) is 23.3 Å². The van der Waals surface area contributed by atoms with Crippen LogP contribution in [-0.4, -0.2) is 65.8 Å². The fourth-order valence-corrected chi connectivity index (χ4v) is 7.00. The summed E-state index contributed by atoms with van der Waals surface area (Å²) < 4.78 is 27.5. The maximum atomic E-state index is 12.9. The SMILES string of the molecule is NCCCS(=O)(=O)N1CCC[C@@H]2CN3CCc4cc(O)c(O)cc4[C@@H]3C[C@@H]21. The number of aromatic hydroxyl groups is 2. The van der Waals surface area contributed by atoms with Gasteiger partial charge in [-0.1, -0.05) is 0 Å². The van der Waals surface area contributed by atoms with Crippen molar-refractivity contribution in [2.45, 2.75) is 44.2 Å². The molecule has 0 aliphatic carbocycles. The number of nitrogens with two attached hydrogens (primary N) is 1. The van der Waals surface area contributed by atoms with E-state index in [0.29, 0.717) is 25.4 Å². The maximum Gasteiger partial charge on any atom is 0.214 e. The molecule has 4 N–H and O–H groups in total. The third kappa shape index (κ3) is 3.44. The van der Waals surface area contributed by atoms with Gasteiger partial charge in [-0.2, -0.15) is 4.31 Å². The van der Waals surface area contributed by atoms with E-state index < -0.39 is 10.0 Å². The molecule has 0 spiro atoms. The first-order chi connectivity index (χ1) is 12.9. The first kappa shape index (κ1) is 19.0. The molecule has 4 rings (SSSR count). The first-order valence-electron chi connectivity index (χ1n) is 9.89. The molecule has 150 valence electrons. The third-order valence-corrected chi connectivity index (χ3v) is 8.44. The maximum absolute atomic E-state index is 12.9. The molecule has 3 heterocycles. The average molecular weight is 396 g/mol. The van der Waals surface area contributed by atoms with Crippen LogP contribution in [0.1, 0.15) is 42.9 Å². The molecule has 27 heavy (non-hydrogen) atoms. The molecule has 1 aromatic carbocycles. The minimum atomic E-state index is -3.30.